The summed E-state index contributed by atoms with van der Waals surface area (Å²) in [6, 6.07) is 7.75. The largest absolute Gasteiger partial charge is 0.464 e. The molecule has 0 fully saturated rings. The van der Waals surface area contributed by atoms with Crippen LogP contribution in [0.5, 0.6) is 0 Å². The lowest BCUT2D eigenvalue weighted by molar-refractivity contribution is 0.181. The first kappa shape index (κ1) is 13.8. The molecule has 3 rings (SSSR count). The molecule has 0 bridgehead atoms. The highest BCUT2D eigenvalue weighted by Crippen LogP contribution is 2.30. The molecule has 3 aromatic rings. The molecule has 0 radical (unpaired) electrons. The van der Waals surface area contributed by atoms with Gasteiger partial charge in [-0.2, -0.15) is 0 Å². The van der Waals surface area contributed by atoms with Crippen LogP contribution in [-0.2, 0) is 11.3 Å². The minimum atomic E-state index is 0.392. The number of hydrogen-bond acceptors (Lipinski definition) is 4. The van der Waals surface area contributed by atoms with Gasteiger partial charge in [0.2, 0.25) is 0 Å². The standard InChI is InChI=1S/C14H10ClIN2O2/c1-19-7-10-12(16)13(15)18-14(17-10)9-6-20-11-5-3-2-4-8(9)11/h2-6H,7H2,1H3. The lowest BCUT2D eigenvalue weighted by atomic mass is 10.1. The fourth-order valence-corrected chi connectivity index (χ4v) is 2.55. The SMILES string of the molecule is COCc1nc(-c2coc3ccccc23)nc(Cl)c1I. The number of methoxy groups -OCH3 is 1. The van der Waals surface area contributed by atoms with Crippen molar-refractivity contribution in [2.45, 2.75) is 6.61 Å². The molecule has 0 spiro atoms. The van der Waals surface area contributed by atoms with Crippen LogP contribution in [0.25, 0.3) is 22.4 Å². The number of aromatic nitrogens is 2. The third-order valence-electron chi connectivity index (χ3n) is 2.88. The molecule has 1 aromatic carbocycles. The third kappa shape index (κ3) is 2.41. The van der Waals surface area contributed by atoms with Crippen LogP contribution in [0.1, 0.15) is 5.69 Å². The van der Waals surface area contributed by atoms with E-state index in [0.29, 0.717) is 17.6 Å². The van der Waals surface area contributed by atoms with Gasteiger partial charge in [-0.05, 0) is 28.7 Å². The van der Waals surface area contributed by atoms with E-state index in [1.807, 2.05) is 24.3 Å². The predicted molar refractivity (Wildman–Crippen MR) is 85.7 cm³/mol. The Morgan fingerprint density at radius 3 is 2.90 bits per heavy atom. The Morgan fingerprint density at radius 1 is 1.30 bits per heavy atom. The van der Waals surface area contributed by atoms with Gasteiger partial charge in [0, 0.05) is 12.5 Å². The van der Waals surface area contributed by atoms with Gasteiger partial charge in [0.15, 0.2) is 5.82 Å². The van der Waals surface area contributed by atoms with E-state index in [9.17, 15) is 0 Å². The van der Waals surface area contributed by atoms with Crippen LogP contribution in [0.15, 0.2) is 34.9 Å². The van der Waals surface area contributed by atoms with Crippen molar-refractivity contribution < 1.29 is 9.15 Å². The van der Waals surface area contributed by atoms with E-state index in [-0.39, 0.29) is 0 Å². The Morgan fingerprint density at radius 2 is 2.10 bits per heavy atom. The van der Waals surface area contributed by atoms with Crippen LogP contribution < -0.4 is 0 Å². The quantitative estimate of drug-likeness (QED) is 0.486. The number of benzene rings is 1. The number of hydrogen-bond donors (Lipinski definition) is 0. The van der Waals surface area contributed by atoms with E-state index in [1.165, 1.54) is 0 Å². The monoisotopic (exact) mass is 400 g/mol. The Kier molecular flexibility index (Phi) is 3.91. The van der Waals surface area contributed by atoms with Gasteiger partial charge >= 0.3 is 0 Å². The molecule has 0 aliphatic carbocycles. The van der Waals surface area contributed by atoms with E-state index in [0.717, 1.165) is 25.8 Å². The van der Waals surface area contributed by atoms with Crippen molar-refractivity contribution in [1.82, 2.24) is 9.97 Å². The number of ether oxygens (including phenoxy) is 1. The zero-order valence-corrected chi connectivity index (χ0v) is 13.5. The number of rotatable bonds is 3. The van der Waals surface area contributed by atoms with Crippen molar-refractivity contribution in [2.24, 2.45) is 0 Å². The smallest absolute Gasteiger partial charge is 0.165 e. The predicted octanol–water partition coefficient (Wildman–Crippen LogP) is 4.29. The molecule has 0 aliphatic heterocycles. The summed E-state index contributed by atoms with van der Waals surface area (Å²) < 4.78 is 11.5. The zero-order chi connectivity index (χ0) is 14.1. The molecule has 6 heteroatoms. The highest BCUT2D eigenvalue weighted by Gasteiger charge is 2.15. The van der Waals surface area contributed by atoms with E-state index >= 15 is 0 Å². The summed E-state index contributed by atoms with van der Waals surface area (Å²) in [5.41, 5.74) is 2.40. The number of halogens is 2. The molecular weight excluding hydrogens is 391 g/mol. The van der Waals surface area contributed by atoms with Crippen LogP contribution >= 0.6 is 34.2 Å². The number of furan rings is 1. The number of fused-ring (bicyclic) bond motifs is 1. The van der Waals surface area contributed by atoms with Gasteiger partial charge in [0.05, 0.1) is 21.4 Å². The van der Waals surface area contributed by atoms with Gasteiger partial charge in [-0.1, -0.05) is 29.8 Å². The molecule has 0 saturated carbocycles. The topological polar surface area (TPSA) is 48.2 Å². The van der Waals surface area contributed by atoms with Crippen molar-refractivity contribution >= 4 is 45.2 Å². The number of para-hydroxylation sites is 1. The van der Waals surface area contributed by atoms with Crippen molar-refractivity contribution in [3.63, 3.8) is 0 Å². The zero-order valence-electron chi connectivity index (χ0n) is 10.6. The first-order valence-corrected chi connectivity index (χ1v) is 7.34. The lowest BCUT2D eigenvalue weighted by Crippen LogP contribution is -2.01. The molecule has 102 valence electrons. The van der Waals surface area contributed by atoms with E-state index in [4.69, 9.17) is 20.8 Å². The number of nitrogens with zero attached hydrogens (tertiary/aromatic N) is 2. The fourth-order valence-electron chi connectivity index (χ4n) is 1.97. The van der Waals surface area contributed by atoms with Gasteiger partial charge in [-0.25, -0.2) is 9.97 Å². The summed E-state index contributed by atoms with van der Waals surface area (Å²) in [6.45, 7) is 0.392. The second-order valence-electron chi connectivity index (χ2n) is 4.18. The van der Waals surface area contributed by atoms with Crippen LogP contribution in [0, 0.1) is 3.57 Å². The Bertz CT molecular complexity index is 773. The normalized spacial score (nSPS) is 11.2. The average molecular weight is 401 g/mol. The maximum atomic E-state index is 6.18. The van der Waals surface area contributed by atoms with E-state index in [2.05, 4.69) is 32.6 Å². The molecule has 4 nitrogen and oxygen atoms in total. The van der Waals surface area contributed by atoms with Crippen molar-refractivity contribution in [2.75, 3.05) is 7.11 Å². The van der Waals surface area contributed by atoms with E-state index < -0.39 is 0 Å². The third-order valence-corrected chi connectivity index (χ3v) is 4.61. The van der Waals surface area contributed by atoms with E-state index in [1.54, 1.807) is 13.4 Å². The van der Waals surface area contributed by atoms with Gasteiger partial charge in [-0.3, -0.25) is 0 Å². The highest BCUT2D eigenvalue weighted by atomic mass is 127. The fraction of sp³-hybridized carbons (Fsp3) is 0.143. The average Bonchev–Trinajstić information content (AvgIpc) is 2.88. The molecule has 0 amide bonds. The second-order valence-corrected chi connectivity index (χ2v) is 5.61. The van der Waals surface area contributed by atoms with Gasteiger partial charge in [0.25, 0.3) is 0 Å². The Labute approximate surface area is 134 Å². The van der Waals surface area contributed by atoms with Crippen LogP contribution in [0.2, 0.25) is 5.15 Å². The molecule has 0 N–H and O–H groups in total. The highest BCUT2D eigenvalue weighted by molar-refractivity contribution is 14.1. The summed E-state index contributed by atoms with van der Waals surface area (Å²) in [5, 5.41) is 1.39. The Hall–Kier alpha value is -1.18. The van der Waals surface area contributed by atoms with Crippen LogP contribution in [0.4, 0.5) is 0 Å². The van der Waals surface area contributed by atoms with Crippen LogP contribution in [0.3, 0.4) is 0 Å². The van der Waals surface area contributed by atoms with Crippen molar-refractivity contribution in [3.05, 3.63) is 44.9 Å². The second kappa shape index (κ2) is 5.67. The van der Waals surface area contributed by atoms with Crippen molar-refractivity contribution in [3.8, 4) is 11.4 Å². The minimum absolute atomic E-state index is 0.392. The Balaban J connectivity index is 2.19. The summed E-state index contributed by atoms with van der Waals surface area (Å²) in [4.78, 5) is 8.87. The molecule has 0 unspecified atom stereocenters. The molecule has 2 aromatic heterocycles. The first-order valence-electron chi connectivity index (χ1n) is 5.88. The summed E-state index contributed by atoms with van der Waals surface area (Å²) >= 11 is 8.30. The molecular formula is C14H10ClIN2O2. The van der Waals surface area contributed by atoms with Crippen LogP contribution in [-0.4, -0.2) is 17.1 Å². The van der Waals surface area contributed by atoms with Gasteiger partial charge in [-0.15, -0.1) is 0 Å². The maximum absolute atomic E-state index is 6.18. The van der Waals surface area contributed by atoms with Gasteiger partial charge < -0.3 is 9.15 Å². The first-order chi connectivity index (χ1) is 9.70. The molecule has 2 heterocycles. The summed E-state index contributed by atoms with van der Waals surface area (Å²) in [5.74, 6) is 0.549. The van der Waals surface area contributed by atoms with Crippen molar-refractivity contribution in [1.29, 1.82) is 0 Å². The maximum Gasteiger partial charge on any atom is 0.165 e. The summed E-state index contributed by atoms with van der Waals surface area (Å²) in [7, 11) is 1.62. The molecule has 0 aliphatic rings. The molecule has 0 atom stereocenters. The molecule has 20 heavy (non-hydrogen) atoms. The van der Waals surface area contributed by atoms with Gasteiger partial charge in [0.1, 0.15) is 17.0 Å². The lowest BCUT2D eigenvalue weighted by Gasteiger charge is -2.06. The summed E-state index contributed by atoms with van der Waals surface area (Å²) in [6.07, 6.45) is 1.65. The minimum Gasteiger partial charge on any atom is -0.464 e. The molecule has 0 saturated heterocycles.